The SMILES string of the molecule is C.C.CC.CCC(C)(C)C(=O)OC.O=C1OCC2CCCCC12. The van der Waals surface area contributed by atoms with Crippen LogP contribution in [0.25, 0.3) is 0 Å². The zero-order valence-corrected chi connectivity index (χ0v) is 14.5. The van der Waals surface area contributed by atoms with Crippen LogP contribution in [0.1, 0.15) is 81.6 Å². The molecular formula is C19H40O4. The molecule has 0 aromatic rings. The van der Waals surface area contributed by atoms with E-state index in [1.165, 1.54) is 26.4 Å². The Labute approximate surface area is 144 Å². The van der Waals surface area contributed by atoms with Gasteiger partial charge in [-0.15, -0.1) is 0 Å². The van der Waals surface area contributed by atoms with Crippen LogP contribution in [-0.2, 0) is 19.1 Å². The summed E-state index contributed by atoms with van der Waals surface area (Å²) in [5.41, 5.74) is -0.311. The second-order valence-electron chi connectivity index (χ2n) is 6.01. The highest BCUT2D eigenvalue weighted by atomic mass is 16.5. The summed E-state index contributed by atoms with van der Waals surface area (Å²) in [6, 6.07) is 0. The molecule has 0 spiro atoms. The summed E-state index contributed by atoms with van der Waals surface area (Å²) >= 11 is 0. The van der Waals surface area contributed by atoms with Crippen LogP contribution in [0.15, 0.2) is 0 Å². The minimum absolute atomic E-state index is 0. The number of carbonyl (C=O) groups is 2. The third-order valence-electron chi connectivity index (χ3n) is 4.27. The Morgan fingerprint density at radius 2 is 1.74 bits per heavy atom. The minimum atomic E-state index is -0.311. The van der Waals surface area contributed by atoms with Crippen molar-refractivity contribution in [1.29, 1.82) is 0 Å². The third kappa shape index (κ3) is 8.38. The van der Waals surface area contributed by atoms with Crippen molar-refractivity contribution < 1.29 is 19.1 Å². The van der Waals surface area contributed by atoms with E-state index in [4.69, 9.17) is 4.74 Å². The highest BCUT2D eigenvalue weighted by Crippen LogP contribution is 2.35. The Kier molecular flexibility index (Phi) is 15.6. The molecule has 1 saturated heterocycles. The van der Waals surface area contributed by atoms with Gasteiger partial charge in [-0.1, -0.05) is 48.5 Å². The Morgan fingerprint density at radius 1 is 1.22 bits per heavy atom. The molecule has 1 aliphatic heterocycles. The van der Waals surface area contributed by atoms with Crippen molar-refractivity contribution >= 4 is 11.9 Å². The van der Waals surface area contributed by atoms with E-state index in [0.717, 1.165) is 12.8 Å². The van der Waals surface area contributed by atoms with Gasteiger partial charge in [-0.3, -0.25) is 9.59 Å². The van der Waals surface area contributed by atoms with Gasteiger partial charge in [-0.05, 0) is 33.1 Å². The fraction of sp³-hybridized carbons (Fsp3) is 0.895. The van der Waals surface area contributed by atoms with Crippen molar-refractivity contribution in [3.63, 3.8) is 0 Å². The van der Waals surface area contributed by atoms with E-state index in [0.29, 0.717) is 12.5 Å². The molecule has 0 aromatic carbocycles. The van der Waals surface area contributed by atoms with E-state index in [1.807, 2.05) is 34.6 Å². The lowest BCUT2D eigenvalue weighted by Gasteiger charge is -2.19. The van der Waals surface area contributed by atoms with Gasteiger partial charge < -0.3 is 9.47 Å². The van der Waals surface area contributed by atoms with Crippen molar-refractivity contribution in [2.24, 2.45) is 17.3 Å². The normalized spacial score (nSPS) is 21.6. The first-order chi connectivity index (χ1) is 9.92. The lowest BCUT2D eigenvalue weighted by molar-refractivity contribution is -0.150. The molecule has 1 aliphatic carbocycles. The van der Waals surface area contributed by atoms with Crippen molar-refractivity contribution in [3.05, 3.63) is 0 Å². The second kappa shape index (κ2) is 13.4. The predicted molar refractivity (Wildman–Crippen MR) is 97.3 cm³/mol. The summed E-state index contributed by atoms with van der Waals surface area (Å²) in [5, 5.41) is 0. The topological polar surface area (TPSA) is 52.6 Å². The molecule has 2 fully saturated rings. The quantitative estimate of drug-likeness (QED) is 0.649. The molecule has 0 aromatic heterocycles. The Morgan fingerprint density at radius 3 is 2.13 bits per heavy atom. The predicted octanol–water partition coefficient (Wildman–Crippen LogP) is 5.24. The Bertz CT molecular complexity index is 323. The molecule has 0 bridgehead atoms. The van der Waals surface area contributed by atoms with Crippen molar-refractivity contribution in [3.8, 4) is 0 Å². The van der Waals surface area contributed by atoms with Crippen molar-refractivity contribution in [2.45, 2.75) is 81.6 Å². The van der Waals surface area contributed by atoms with Crippen LogP contribution in [0.2, 0.25) is 0 Å². The maximum atomic E-state index is 11.0. The summed E-state index contributed by atoms with van der Waals surface area (Å²) in [6.45, 7) is 10.4. The minimum Gasteiger partial charge on any atom is -0.469 e. The first kappa shape index (κ1) is 26.8. The van der Waals surface area contributed by atoms with Gasteiger partial charge in [0.1, 0.15) is 0 Å². The number of esters is 2. The molecule has 140 valence electrons. The second-order valence-corrected chi connectivity index (χ2v) is 6.01. The molecule has 2 rings (SSSR count). The summed E-state index contributed by atoms with van der Waals surface area (Å²) in [4.78, 5) is 21.8. The average Bonchev–Trinajstić information content (AvgIpc) is 2.91. The zero-order valence-electron chi connectivity index (χ0n) is 14.5. The maximum absolute atomic E-state index is 11.0. The van der Waals surface area contributed by atoms with Gasteiger partial charge >= 0.3 is 11.9 Å². The van der Waals surface area contributed by atoms with Gasteiger partial charge in [0.2, 0.25) is 0 Å². The fourth-order valence-electron chi connectivity index (χ4n) is 2.43. The number of carbonyl (C=O) groups excluding carboxylic acids is 2. The van der Waals surface area contributed by atoms with Crippen LogP contribution in [0.3, 0.4) is 0 Å². The molecule has 0 radical (unpaired) electrons. The number of ether oxygens (including phenoxy) is 2. The molecule has 4 heteroatoms. The van der Waals surface area contributed by atoms with Gasteiger partial charge in [-0.25, -0.2) is 0 Å². The van der Waals surface area contributed by atoms with Crippen LogP contribution in [0.5, 0.6) is 0 Å². The Balaban J connectivity index is -0.000000293. The number of hydrogen-bond donors (Lipinski definition) is 0. The molecule has 1 heterocycles. The van der Waals surface area contributed by atoms with Crippen LogP contribution < -0.4 is 0 Å². The fourth-order valence-corrected chi connectivity index (χ4v) is 2.43. The monoisotopic (exact) mass is 332 g/mol. The molecule has 2 aliphatic rings. The standard InChI is InChI=1S/C8H12O2.C7H14O2.C2H6.2CH4/c9-8-7-4-2-1-3-6(7)5-10-8;1-5-7(2,3)6(8)9-4;1-2;;/h6-7H,1-5H2;5H2,1-4H3;1-2H3;2*1H4. The van der Waals surface area contributed by atoms with E-state index < -0.39 is 0 Å². The van der Waals surface area contributed by atoms with Gasteiger partial charge in [0, 0.05) is 5.92 Å². The van der Waals surface area contributed by atoms with E-state index in [1.54, 1.807) is 0 Å². The first-order valence-electron chi connectivity index (χ1n) is 8.17. The van der Waals surface area contributed by atoms with Crippen LogP contribution in [0.4, 0.5) is 0 Å². The number of fused-ring (bicyclic) bond motifs is 1. The molecule has 1 saturated carbocycles. The van der Waals surface area contributed by atoms with Gasteiger partial charge in [0.15, 0.2) is 0 Å². The van der Waals surface area contributed by atoms with Crippen LogP contribution in [-0.4, -0.2) is 25.7 Å². The maximum Gasteiger partial charge on any atom is 0.311 e. The third-order valence-corrected chi connectivity index (χ3v) is 4.27. The van der Waals surface area contributed by atoms with Gasteiger partial charge in [0.05, 0.1) is 25.0 Å². The van der Waals surface area contributed by atoms with Crippen LogP contribution >= 0.6 is 0 Å². The number of rotatable bonds is 2. The summed E-state index contributed by atoms with van der Waals surface area (Å²) in [5.74, 6) is 0.768. The van der Waals surface area contributed by atoms with Crippen molar-refractivity contribution in [1.82, 2.24) is 0 Å². The lowest BCUT2D eigenvalue weighted by Crippen LogP contribution is -2.24. The number of cyclic esters (lactones) is 1. The molecule has 2 unspecified atom stereocenters. The molecule has 2 atom stereocenters. The largest absolute Gasteiger partial charge is 0.469 e. The van der Waals surface area contributed by atoms with Crippen molar-refractivity contribution in [2.75, 3.05) is 13.7 Å². The van der Waals surface area contributed by atoms with Gasteiger partial charge in [0.25, 0.3) is 0 Å². The van der Waals surface area contributed by atoms with E-state index in [-0.39, 0.29) is 38.1 Å². The number of hydrogen-bond acceptors (Lipinski definition) is 4. The van der Waals surface area contributed by atoms with Gasteiger partial charge in [-0.2, -0.15) is 0 Å². The summed E-state index contributed by atoms with van der Waals surface area (Å²) in [6.07, 6.45) is 5.60. The highest BCUT2D eigenvalue weighted by Gasteiger charge is 2.37. The van der Waals surface area contributed by atoms with Crippen LogP contribution in [0, 0.1) is 17.3 Å². The highest BCUT2D eigenvalue weighted by molar-refractivity contribution is 5.75. The summed E-state index contributed by atoms with van der Waals surface area (Å²) < 4.78 is 9.53. The molecule has 23 heavy (non-hydrogen) atoms. The molecule has 0 N–H and O–H groups in total. The smallest absolute Gasteiger partial charge is 0.311 e. The average molecular weight is 333 g/mol. The molecule has 0 amide bonds. The first-order valence-corrected chi connectivity index (χ1v) is 8.17. The molecule has 4 nitrogen and oxygen atoms in total. The van der Waals surface area contributed by atoms with E-state index in [9.17, 15) is 9.59 Å². The number of methoxy groups -OCH3 is 1. The lowest BCUT2D eigenvalue weighted by atomic mass is 9.81. The van der Waals surface area contributed by atoms with E-state index >= 15 is 0 Å². The zero-order chi connectivity index (χ0) is 16.5. The Hall–Kier alpha value is -1.06. The molecular weight excluding hydrogens is 292 g/mol. The van der Waals surface area contributed by atoms with E-state index in [2.05, 4.69) is 4.74 Å². The summed E-state index contributed by atoms with van der Waals surface area (Å²) in [7, 11) is 1.42.